The summed E-state index contributed by atoms with van der Waals surface area (Å²) in [6, 6.07) is 3.88. The molecule has 0 bridgehead atoms. The van der Waals surface area contributed by atoms with Crippen LogP contribution in [0.5, 0.6) is 11.5 Å². The predicted octanol–water partition coefficient (Wildman–Crippen LogP) is 3.59. The van der Waals surface area contributed by atoms with Gasteiger partial charge in [-0.15, -0.1) is 0 Å². The average molecular weight is 338 g/mol. The van der Waals surface area contributed by atoms with Crippen molar-refractivity contribution in [2.75, 3.05) is 14.2 Å². The molecule has 136 valence electrons. The van der Waals surface area contributed by atoms with E-state index in [4.69, 9.17) is 14.6 Å². The fraction of sp³-hybridized carbons (Fsp3) is 0.632. The molecule has 5 nitrogen and oxygen atoms in total. The second kappa shape index (κ2) is 10.9. The summed E-state index contributed by atoms with van der Waals surface area (Å²) < 4.78 is 10.7. The van der Waals surface area contributed by atoms with Crippen molar-refractivity contribution in [1.29, 1.82) is 0 Å². The lowest BCUT2D eigenvalue weighted by atomic mass is 9.95. The fourth-order valence-electron chi connectivity index (χ4n) is 2.77. The van der Waals surface area contributed by atoms with E-state index in [2.05, 4.69) is 6.92 Å². The molecule has 1 aromatic rings. The van der Waals surface area contributed by atoms with Crippen LogP contribution >= 0.6 is 0 Å². The average Bonchev–Trinajstić information content (AvgIpc) is 2.57. The van der Waals surface area contributed by atoms with Crippen LogP contribution in [0.2, 0.25) is 0 Å². The van der Waals surface area contributed by atoms with Crippen molar-refractivity contribution in [2.45, 2.75) is 64.4 Å². The molecule has 0 saturated heterocycles. The van der Waals surface area contributed by atoms with Crippen LogP contribution in [-0.4, -0.2) is 36.5 Å². The molecule has 5 heteroatoms. The normalized spacial score (nSPS) is 12.0. The number of ether oxygens (including phenoxy) is 2. The fourth-order valence-corrected chi connectivity index (χ4v) is 2.77. The molecule has 1 atom stereocenters. The first-order valence-electron chi connectivity index (χ1n) is 8.65. The highest BCUT2D eigenvalue weighted by molar-refractivity contribution is 5.66. The van der Waals surface area contributed by atoms with Crippen molar-refractivity contribution in [3.63, 3.8) is 0 Å². The van der Waals surface area contributed by atoms with Crippen LogP contribution in [0.4, 0.5) is 0 Å². The molecule has 0 aliphatic rings. The van der Waals surface area contributed by atoms with Gasteiger partial charge in [0.15, 0.2) is 11.5 Å². The molecular formula is C19H30O5. The van der Waals surface area contributed by atoms with Gasteiger partial charge in [0, 0.05) is 6.42 Å². The second-order valence-electron chi connectivity index (χ2n) is 6.08. The molecule has 0 amide bonds. The number of aliphatic carboxylic acids is 1. The number of methoxy groups -OCH3 is 2. The molecule has 0 fully saturated rings. The number of carboxylic acid groups (broad SMARTS) is 1. The highest BCUT2D eigenvalue weighted by Gasteiger charge is 2.14. The maximum absolute atomic E-state index is 10.6. The Labute approximate surface area is 144 Å². The van der Waals surface area contributed by atoms with Gasteiger partial charge in [0.05, 0.1) is 20.3 Å². The van der Waals surface area contributed by atoms with Crippen LogP contribution in [-0.2, 0) is 17.6 Å². The summed E-state index contributed by atoms with van der Waals surface area (Å²) in [6.45, 7) is 2.11. The number of benzene rings is 1. The molecule has 1 unspecified atom stereocenters. The number of hydrogen-bond acceptors (Lipinski definition) is 4. The Balaban J connectivity index is 2.88. The zero-order chi connectivity index (χ0) is 17.9. The van der Waals surface area contributed by atoms with E-state index in [1.54, 1.807) is 14.2 Å². The summed E-state index contributed by atoms with van der Waals surface area (Å²) in [5, 5.41) is 19.0. The van der Waals surface area contributed by atoms with E-state index in [1.807, 2.05) is 12.1 Å². The summed E-state index contributed by atoms with van der Waals surface area (Å²) in [5.41, 5.74) is 2.14. The Kier molecular flexibility index (Phi) is 9.23. The third-order valence-electron chi connectivity index (χ3n) is 4.14. The SMILES string of the molecule is CCCCC(O)Cc1cc(OC)c(OC)cc1CCCCC(=O)O. The van der Waals surface area contributed by atoms with Gasteiger partial charge in [0.25, 0.3) is 0 Å². The number of aliphatic hydroxyl groups excluding tert-OH is 1. The minimum atomic E-state index is -0.766. The molecule has 0 heterocycles. The topological polar surface area (TPSA) is 76.0 Å². The van der Waals surface area contributed by atoms with Gasteiger partial charge in [0.2, 0.25) is 0 Å². The van der Waals surface area contributed by atoms with E-state index in [-0.39, 0.29) is 12.5 Å². The lowest BCUT2D eigenvalue weighted by molar-refractivity contribution is -0.137. The molecule has 24 heavy (non-hydrogen) atoms. The van der Waals surface area contributed by atoms with Gasteiger partial charge in [-0.3, -0.25) is 4.79 Å². The molecule has 0 spiro atoms. The molecule has 0 aliphatic heterocycles. The van der Waals surface area contributed by atoms with E-state index in [9.17, 15) is 9.90 Å². The van der Waals surface area contributed by atoms with E-state index in [0.717, 1.165) is 43.2 Å². The number of carbonyl (C=O) groups is 1. The van der Waals surface area contributed by atoms with Gasteiger partial charge in [0.1, 0.15) is 0 Å². The zero-order valence-corrected chi connectivity index (χ0v) is 15.0. The predicted molar refractivity (Wildman–Crippen MR) is 94.0 cm³/mol. The molecule has 0 aromatic heterocycles. The van der Waals surface area contributed by atoms with E-state index < -0.39 is 5.97 Å². The Morgan fingerprint density at radius 2 is 1.71 bits per heavy atom. The maximum atomic E-state index is 10.6. The van der Waals surface area contributed by atoms with E-state index >= 15 is 0 Å². The smallest absolute Gasteiger partial charge is 0.303 e. The van der Waals surface area contributed by atoms with Gasteiger partial charge in [-0.25, -0.2) is 0 Å². The minimum Gasteiger partial charge on any atom is -0.493 e. The van der Waals surface area contributed by atoms with Gasteiger partial charge >= 0.3 is 5.97 Å². The van der Waals surface area contributed by atoms with Gasteiger partial charge < -0.3 is 19.7 Å². The maximum Gasteiger partial charge on any atom is 0.303 e. The second-order valence-corrected chi connectivity index (χ2v) is 6.08. The molecule has 2 N–H and O–H groups in total. The van der Waals surface area contributed by atoms with Crippen molar-refractivity contribution in [2.24, 2.45) is 0 Å². The Hall–Kier alpha value is -1.75. The summed E-state index contributed by atoms with van der Waals surface area (Å²) in [7, 11) is 3.20. The Morgan fingerprint density at radius 1 is 1.08 bits per heavy atom. The lowest BCUT2D eigenvalue weighted by Crippen LogP contribution is -2.12. The van der Waals surface area contributed by atoms with E-state index in [0.29, 0.717) is 24.3 Å². The molecule has 0 radical (unpaired) electrons. The van der Waals surface area contributed by atoms with Gasteiger partial charge in [-0.05, 0) is 55.4 Å². The van der Waals surface area contributed by atoms with E-state index in [1.165, 1.54) is 0 Å². The molecule has 0 saturated carbocycles. The first kappa shape index (κ1) is 20.3. The van der Waals surface area contributed by atoms with Crippen LogP contribution in [0.3, 0.4) is 0 Å². The highest BCUT2D eigenvalue weighted by Crippen LogP contribution is 2.32. The molecule has 0 aliphatic carbocycles. The third kappa shape index (κ3) is 6.79. The van der Waals surface area contributed by atoms with Gasteiger partial charge in [-0.1, -0.05) is 19.8 Å². The number of carboxylic acids is 1. The van der Waals surface area contributed by atoms with Crippen LogP contribution in [0.25, 0.3) is 0 Å². The van der Waals surface area contributed by atoms with Crippen LogP contribution < -0.4 is 9.47 Å². The number of aryl methyl sites for hydroxylation is 1. The van der Waals surface area contributed by atoms with Crippen molar-refractivity contribution in [1.82, 2.24) is 0 Å². The van der Waals surface area contributed by atoms with Crippen molar-refractivity contribution in [3.8, 4) is 11.5 Å². The quantitative estimate of drug-likeness (QED) is 0.570. The summed E-state index contributed by atoms with van der Waals surface area (Å²) in [5.74, 6) is 0.555. The number of unbranched alkanes of at least 4 members (excludes halogenated alkanes) is 2. The van der Waals surface area contributed by atoms with Crippen molar-refractivity contribution < 1.29 is 24.5 Å². The largest absolute Gasteiger partial charge is 0.493 e. The van der Waals surface area contributed by atoms with Crippen LogP contribution in [0.1, 0.15) is 56.6 Å². The first-order chi connectivity index (χ1) is 11.5. The van der Waals surface area contributed by atoms with Gasteiger partial charge in [-0.2, -0.15) is 0 Å². The molecule has 1 rings (SSSR count). The Morgan fingerprint density at radius 3 is 2.25 bits per heavy atom. The number of aliphatic hydroxyl groups is 1. The number of hydrogen-bond donors (Lipinski definition) is 2. The summed E-state index contributed by atoms with van der Waals surface area (Å²) in [6.07, 6.45) is 5.43. The van der Waals surface area contributed by atoms with Crippen LogP contribution in [0.15, 0.2) is 12.1 Å². The first-order valence-corrected chi connectivity index (χ1v) is 8.65. The van der Waals surface area contributed by atoms with Crippen molar-refractivity contribution in [3.05, 3.63) is 23.3 Å². The summed E-state index contributed by atoms with van der Waals surface area (Å²) >= 11 is 0. The van der Waals surface area contributed by atoms with Crippen LogP contribution in [0, 0.1) is 0 Å². The number of rotatable bonds is 12. The zero-order valence-electron chi connectivity index (χ0n) is 15.0. The highest BCUT2D eigenvalue weighted by atomic mass is 16.5. The summed E-state index contributed by atoms with van der Waals surface area (Å²) in [4.78, 5) is 10.6. The molecular weight excluding hydrogens is 308 g/mol. The Bertz CT molecular complexity index is 513. The van der Waals surface area contributed by atoms with Crippen molar-refractivity contribution >= 4 is 5.97 Å². The third-order valence-corrected chi connectivity index (χ3v) is 4.14. The monoisotopic (exact) mass is 338 g/mol. The minimum absolute atomic E-state index is 0.182. The standard InChI is InChI=1S/C19H30O5/c1-4-5-9-16(20)11-15-13-18(24-3)17(23-2)12-14(15)8-6-7-10-19(21)22/h12-13,16,20H,4-11H2,1-3H3,(H,21,22). The molecule has 1 aromatic carbocycles. The lowest BCUT2D eigenvalue weighted by Gasteiger charge is -2.17.